The first kappa shape index (κ1) is 20.9. The fraction of sp³-hybridized carbons (Fsp3) is 0.409. The number of aromatic nitrogens is 1. The molecular weight excluding hydrogens is 373 g/mol. The van der Waals surface area contributed by atoms with Gasteiger partial charge in [-0.15, -0.1) is 0 Å². The van der Waals surface area contributed by atoms with Crippen LogP contribution in [0.3, 0.4) is 0 Å². The van der Waals surface area contributed by atoms with Crippen LogP contribution in [0.2, 0.25) is 0 Å². The molecule has 0 aliphatic carbocycles. The fourth-order valence-electron chi connectivity index (χ4n) is 3.97. The molecule has 0 bridgehead atoms. The minimum atomic E-state index is -0.589. The SMILES string of the molecule is COC(=O)[C@@H]1C[C@H](C(=O)NCCCc2ccccn2)[C@H](c2ccccc2F)N1C. The fourth-order valence-corrected chi connectivity index (χ4v) is 3.97. The van der Waals surface area contributed by atoms with Gasteiger partial charge in [-0.2, -0.15) is 0 Å². The van der Waals surface area contributed by atoms with Gasteiger partial charge in [0, 0.05) is 30.0 Å². The summed E-state index contributed by atoms with van der Waals surface area (Å²) in [4.78, 5) is 31.1. The van der Waals surface area contributed by atoms with E-state index in [0.717, 1.165) is 18.5 Å². The summed E-state index contributed by atoms with van der Waals surface area (Å²) in [7, 11) is 3.05. The summed E-state index contributed by atoms with van der Waals surface area (Å²) in [5, 5.41) is 2.94. The van der Waals surface area contributed by atoms with E-state index in [9.17, 15) is 14.0 Å². The molecule has 1 aliphatic heterocycles. The number of esters is 1. The number of rotatable bonds is 7. The second-order valence-electron chi connectivity index (χ2n) is 7.23. The van der Waals surface area contributed by atoms with Gasteiger partial charge >= 0.3 is 5.97 Å². The Kier molecular flexibility index (Phi) is 6.93. The maximum Gasteiger partial charge on any atom is 0.323 e. The zero-order valence-electron chi connectivity index (χ0n) is 16.7. The Bertz CT molecular complexity index is 846. The number of carbonyl (C=O) groups excluding carboxylic acids is 2. The number of likely N-dealkylation sites (N-methyl/N-ethyl adjacent to an activating group) is 1. The summed E-state index contributed by atoms with van der Waals surface area (Å²) in [6, 6.07) is 11.0. The van der Waals surface area contributed by atoms with Gasteiger partial charge in [-0.3, -0.25) is 19.5 Å². The number of amides is 1. The van der Waals surface area contributed by atoms with E-state index in [1.165, 1.54) is 13.2 Å². The first-order chi connectivity index (χ1) is 14.0. The van der Waals surface area contributed by atoms with Gasteiger partial charge in [0.05, 0.1) is 13.0 Å². The lowest BCUT2D eigenvalue weighted by atomic mass is 9.92. The Labute approximate surface area is 170 Å². The molecule has 6 nitrogen and oxygen atoms in total. The van der Waals surface area contributed by atoms with Crippen molar-refractivity contribution in [1.82, 2.24) is 15.2 Å². The van der Waals surface area contributed by atoms with Crippen molar-refractivity contribution in [3.8, 4) is 0 Å². The second kappa shape index (κ2) is 9.60. The minimum Gasteiger partial charge on any atom is -0.468 e. The highest BCUT2D eigenvalue weighted by molar-refractivity contribution is 5.83. The lowest BCUT2D eigenvalue weighted by Gasteiger charge is -2.27. The van der Waals surface area contributed by atoms with Crippen LogP contribution in [-0.4, -0.2) is 48.5 Å². The maximum atomic E-state index is 14.5. The van der Waals surface area contributed by atoms with Crippen LogP contribution in [0, 0.1) is 11.7 Å². The number of methoxy groups -OCH3 is 1. The normalized spacial score (nSPS) is 21.7. The molecule has 1 saturated heterocycles. The van der Waals surface area contributed by atoms with Gasteiger partial charge in [-0.1, -0.05) is 24.3 Å². The molecule has 3 atom stereocenters. The summed E-state index contributed by atoms with van der Waals surface area (Å²) in [5.74, 6) is -1.53. The predicted molar refractivity (Wildman–Crippen MR) is 106 cm³/mol. The average molecular weight is 399 g/mol. The summed E-state index contributed by atoms with van der Waals surface area (Å²) in [5.41, 5.74) is 1.38. The highest BCUT2D eigenvalue weighted by atomic mass is 19.1. The lowest BCUT2D eigenvalue weighted by molar-refractivity contribution is -0.145. The van der Waals surface area contributed by atoms with E-state index in [2.05, 4.69) is 10.3 Å². The van der Waals surface area contributed by atoms with E-state index in [-0.39, 0.29) is 18.1 Å². The van der Waals surface area contributed by atoms with Gasteiger partial charge in [0.1, 0.15) is 11.9 Å². The number of ether oxygens (including phenoxy) is 1. The van der Waals surface area contributed by atoms with Gasteiger partial charge in [0.25, 0.3) is 0 Å². The van der Waals surface area contributed by atoms with Gasteiger partial charge in [0.15, 0.2) is 0 Å². The molecule has 0 spiro atoms. The quantitative estimate of drug-likeness (QED) is 0.572. The van der Waals surface area contributed by atoms with E-state index in [0.29, 0.717) is 12.1 Å². The highest BCUT2D eigenvalue weighted by Crippen LogP contribution is 2.41. The summed E-state index contributed by atoms with van der Waals surface area (Å²) in [6.07, 6.45) is 3.53. The highest BCUT2D eigenvalue weighted by Gasteiger charge is 2.47. The number of pyridine rings is 1. The summed E-state index contributed by atoms with van der Waals surface area (Å²) in [6.45, 7) is 0.489. The molecule has 0 radical (unpaired) electrons. The molecule has 2 aromatic rings. The Morgan fingerprint density at radius 2 is 2.00 bits per heavy atom. The zero-order chi connectivity index (χ0) is 20.8. The lowest BCUT2D eigenvalue weighted by Crippen LogP contribution is -2.37. The third-order valence-corrected chi connectivity index (χ3v) is 5.46. The van der Waals surface area contributed by atoms with Crippen molar-refractivity contribution in [3.63, 3.8) is 0 Å². The van der Waals surface area contributed by atoms with Crippen LogP contribution in [0.25, 0.3) is 0 Å². The van der Waals surface area contributed by atoms with Gasteiger partial charge in [-0.25, -0.2) is 4.39 Å². The molecule has 29 heavy (non-hydrogen) atoms. The van der Waals surface area contributed by atoms with Crippen molar-refractivity contribution < 1.29 is 18.7 Å². The van der Waals surface area contributed by atoms with E-state index < -0.39 is 24.0 Å². The van der Waals surface area contributed by atoms with Crippen molar-refractivity contribution in [1.29, 1.82) is 0 Å². The number of benzene rings is 1. The molecule has 0 unspecified atom stereocenters. The summed E-state index contributed by atoms with van der Waals surface area (Å²) >= 11 is 0. The topological polar surface area (TPSA) is 71.5 Å². The Morgan fingerprint density at radius 3 is 2.69 bits per heavy atom. The molecule has 1 N–H and O–H groups in total. The number of likely N-dealkylation sites (tertiary alicyclic amines) is 1. The zero-order valence-corrected chi connectivity index (χ0v) is 16.7. The molecule has 1 aliphatic rings. The molecule has 3 rings (SSSR count). The van der Waals surface area contributed by atoms with E-state index >= 15 is 0 Å². The molecule has 0 saturated carbocycles. The molecule has 154 valence electrons. The number of halogens is 1. The number of nitrogens with one attached hydrogen (secondary N) is 1. The standard InChI is InChI=1S/C22H26FN3O3/c1-26-19(22(28)29-2)14-17(20(26)16-10-3-4-11-18(16)23)21(27)25-13-7-9-15-8-5-6-12-24-15/h3-6,8,10-12,17,19-20H,7,9,13-14H2,1-2H3,(H,25,27)/t17-,19-,20-/m0/s1. The molecule has 2 heterocycles. The monoisotopic (exact) mass is 399 g/mol. The molecule has 1 fully saturated rings. The minimum absolute atomic E-state index is 0.183. The number of carbonyl (C=O) groups is 2. The van der Waals surface area contributed by atoms with Crippen molar-refractivity contribution in [2.75, 3.05) is 20.7 Å². The summed E-state index contributed by atoms with van der Waals surface area (Å²) < 4.78 is 19.4. The van der Waals surface area contributed by atoms with E-state index in [1.54, 1.807) is 36.3 Å². The van der Waals surface area contributed by atoms with Crippen molar-refractivity contribution in [3.05, 3.63) is 65.7 Å². The first-order valence-corrected chi connectivity index (χ1v) is 9.74. The number of hydrogen-bond acceptors (Lipinski definition) is 5. The number of aryl methyl sites for hydroxylation is 1. The van der Waals surface area contributed by atoms with E-state index in [4.69, 9.17) is 4.74 Å². The third kappa shape index (κ3) is 4.79. The average Bonchev–Trinajstić information content (AvgIpc) is 3.08. The van der Waals surface area contributed by atoms with Crippen LogP contribution in [-0.2, 0) is 20.7 Å². The van der Waals surface area contributed by atoms with Crippen molar-refractivity contribution in [2.45, 2.75) is 31.3 Å². The van der Waals surface area contributed by atoms with Gasteiger partial charge in [-0.05, 0) is 44.5 Å². The largest absolute Gasteiger partial charge is 0.468 e. The van der Waals surface area contributed by atoms with Crippen LogP contribution in [0.1, 0.15) is 30.1 Å². The first-order valence-electron chi connectivity index (χ1n) is 9.74. The predicted octanol–water partition coefficient (Wildman–Crippen LogP) is 2.50. The molecule has 1 amide bonds. The van der Waals surface area contributed by atoms with Crippen LogP contribution < -0.4 is 5.32 Å². The second-order valence-corrected chi connectivity index (χ2v) is 7.23. The number of nitrogens with zero attached hydrogens (tertiary/aromatic N) is 2. The van der Waals surface area contributed by atoms with Gasteiger partial charge < -0.3 is 10.1 Å². The smallest absolute Gasteiger partial charge is 0.323 e. The van der Waals surface area contributed by atoms with Gasteiger partial charge in [0.2, 0.25) is 5.91 Å². The third-order valence-electron chi connectivity index (χ3n) is 5.46. The van der Waals surface area contributed by atoms with Crippen LogP contribution in [0.4, 0.5) is 4.39 Å². The molecule has 1 aromatic heterocycles. The van der Waals surface area contributed by atoms with Crippen LogP contribution in [0.15, 0.2) is 48.7 Å². The Balaban J connectivity index is 1.69. The van der Waals surface area contributed by atoms with Crippen molar-refractivity contribution in [2.24, 2.45) is 5.92 Å². The van der Waals surface area contributed by atoms with Crippen molar-refractivity contribution >= 4 is 11.9 Å². The van der Waals surface area contributed by atoms with Crippen LogP contribution in [0.5, 0.6) is 0 Å². The Morgan fingerprint density at radius 1 is 1.24 bits per heavy atom. The number of hydrogen-bond donors (Lipinski definition) is 1. The van der Waals surface area contributed by atoms with Crippen LogP contribution >= 0.6 is 0 Å². The molecular formula is C22H26FN3O3. The Hall–Kier alpha value is -2.80. The molecule has 7 heteroatoms. The maximum absolute atomic E-state index is 14.5. The molecule has 1 aromatic carbocycles. The van der Waals surface area contributed by atoms with E-state index in [1.807, 2.05) is 18.2 Å².